The van der Waals surface area contributed by atoms with Crippen molar-refractivity contribution in [3.05, 3.63) is 218 Å². The minimum Gasteiger partial charge on any atom is -0.456 e. The number of furan rings is 1. The fourth-order valence-corrected chi connectivity index (χ4v) is 9.23. The average Bonchev–Trinajstić information content (AvgIpc) is 3.85. The molecule has 3 nitrogen and oxygen atoms in total. The predicted molar refractivity (Wildman–Crippen MR) is 249 cm³/mol. The zero-order chi connectivity index (χ0) is 38.9. The van der Waals surface area contributed by atoms with Crippen molar-refractivity contribution in [2.75, 3.05) is 4.90 Å². The SMILES string of the molecule is c1cc(-c2ccc3c(c2)oc2ccccc23)cc(N(c2ccc(-c3cc4ccccc4c4ccccc34)cc2)c2cccc(-n3c4ccccc4c4ccccc43)c2)c1. The lowest BCUT2D eigenvalue weighted by Gasteiger charge is -2.27. The monoisotopic (exact) mass is 752 g/mol. The molecule has 0 N–H and O–H groups in total. The lowest BCUT2D eigenvalue weighted by atomic mass is 9.93. The van der Waals surface area contributed by atoms with Crippen LogP contribution in [0.1, 0.15) is 0 Å². The van der Waals surface area contributed by atoms with Gasteiger partial charge in [0.15, 0.2) is 0 Å². The molecule has 0 aliphatic rings. The molecule has 12 aromatic rings. The molecule has 2 aromatic heterocycles. The van der Waals surface area contributed by atoms with Gasteiger partial charge in [0.1, 0.15) is 11.2 Å². The van der Waals surface area contributed by atoms with Gasteiger partial charge in [-0.3, -0.25) is 0 Å². The van der Waals surface area contributed by atoms with Crippen molar-refractivity contribution in [1.82, 2.24) is 4.57 Å². The fourth-order valence-electron chi connectivity index (χ4n) is 9.23. The number of aromatic nitrogens is 1. The highest BCUT2D eigenvalue weighted by atomic mass is 16.3. The van der Waals surface area contributed by atoms with Crippen LogP contribution >= 0.6 is 0 Å². The first-order valence-electron chi connectivity index (χ1n) is 20.2. The van der Waals surface area contributed by atoms with Crippen LogP contribution in [-0.2, 0) is 0 Å². The molecular formula is C56H36N2O. The Morgan fingerprint density at radius 2 is 0.898 bits per heavy atom. The van der Waals surface area contributed by atoms with Gasteiger partial charge in [-0.05, 0) is 123 Å². The molecule has 0 spiro atoms. The third kappa shape index (κ3) is 5.44. The summed E-state index contributed by atoms with van der Waals surface area (Å²) in [7, 11) is 0. The van der Waals surface area contributed by atoms with Crippen molar-refractivity contribution in [3.8, 4) is 27.9 Å². The maximum atomic E-state index is 6.33. The van der Waals surface area contributed by atoms with Crippen molar-refractivity contribution < 1.29 is 4.42 Å². The number of hydrogen-bond donors (Lipinski definition) is 0. The number of para-hydroxylation sites is 3. The summed E-state index contributed by atoms with van der Waals surface area (Å²) >= 11 is 0. The summed E-state index contributed by atoms with van der Waals surface area (Å²) < 4.78 is 8.71. The van der Waals surface area contributed by atoms with E-state index in [0.29, 0.717) is 0 Å². The molecule has 0 fully saturated rings. The molecule has 0 aliphatic carbocycles. The zero-order valence-electron chi connectivity index (χ0n) is 32.1. The van der Waals surface area contributed by atoms with Gasteiger partial charge in [-0.2, -0.15) is 0 Å². The van der Waals surface area contributed by atoms with E-state index < -0.39 is 0 Å². The van der Waals surface area contributed by atoms with E-state index in [2.05, 4.69) is 216 Å². The van der Waals surface area contributed by atoms with Crippen LogP contribution in [0.3, 0.4) is 0 Å². The second-order valence-electron chi connectivity index (χ2n) is 15.3. The van der Waals surface area contributed by atoms with Crippen molar-refractivity contribution >= 4 is 82.4 Å². The van der Waals surface area contributed by atoms with E-state index in [-0.39, 0.29) is 0 Å². The minimum absolute atomic E-state index is 0.890. The molecule has 0 saturated heterocycles. The van der Waals surface area contributed by atoms with Gasteiger partial charge in [0, 0.05) is 44.3 Å². The number of fused-ring (bicyclic) bond motifs is 9. The lowest BCUT2D eigenvalue weighted by Crippen LogP contribution is -2.10. The van der Waals surface area contributed by atoms with Crippen LogP contribution in [0.2, 0.25) is 0 Å². The summed E-state index contributed by atoms with van der Waals surface area (Å²) in [6, 6.07) is 78.8. The summed E-state index contributed by atoms with van der Waals surface area (Å²) in [4.78, 5) is 2.38. The molecule has 0 bridgehead atoms. The lowest BCUT2D eigenvalue weighted by molar-refractivity contribution is 0.669. The highest BCUT2D eigenvalue weighted by Gasteiger charge is 2.18. The van der Waals surface area contributed by atoms with Gasteiger partial charge in [-0.1, -0.05) is 140 Å². The Bertz CT molecular complexity index is 3520. The molecule has 0 aliphatic heterocycles. The van der Waals surface area contributed by atoms with Crippen LogP contribution < -0.4 is 4.90 Å². The quantitative estimate of drug-likeness (QED) is 0.158. The molecular weight excluding hydrogens is 717 g/mol. The van der Waals surface area contributed by atoms with E-state index in [1.165, 1.54) is 54.5 Å². The average molecular weight is 753 g/mol. The standard InChI is InChI=1S/C56H36N2O/c1-2-18-45-40(13-1)34-52(47-20-4-3-19-46(45)47)37-27-30-41(31-28-37)57(42-15-11-14-38(33-42)39-29-32-51-50-23-7-10-26-55(50)59-56(51)35-39)43-16-12-17-44(36-43)58-53-24-8-5-21-48(53)49-22-6-9-25-54(49)58/h1-36H. The maximum Gasteiger partial charge on any atom is 0.136 e. The Balaban J connectivity index is 1.02. The van der Waals surface area contributed by atoms with Crippen LogP contribution in [0.15, 0.2) is 223 Å². The van der Waals surface area contributed by atoms with Gasteiger partial charge in [0.2, 0.25) is 0 Å². The molecule has 0 unspecified atom stereocenters. The fraction of sp³-hybridized carbons (Fsp3) is 0. The van der Waals surface area contributed by atoms with Crippen molar-refractivity contribution in [2.45, 2.75) is 0 Å². The predicted octanol–water partition coefficient (Wildman–Crippen LogP) is 15.8. The highest BCUT2D eigenvalue weighted by Crippen LogP contribution is 2.42. The van der Waals surface area contributed by atoms with E-state index in [4.69, 9.17) is 4.42 Å². The first-order valence-corrected chi connectivity index (χ1v) is 20.2. The number of rotatable bonds is 6. The molecule has 0 atom stereocenters. The van der Waals surface area contributed by atoms with E-state index in [1.807, 2.05) is 12.1 Å². The van der Waals surface area contributed by atoms with Gasteiger partial charge < -0.3 is 13.9 Å². The summed E-state index contributed by atoms with van der Waals surface area (Å²) in [6.45, 7) is 0. The summed E-state index contributed by atoms with van der Waals surface area (Å²) in [6.07, 6.45) is 0. The zero-order valence-corrected chi connectivity index (χ0v) is 32.1. The third-order valence-electron chi connectivity index (χ3n) is 11.9. The minimum atomic E-state index is 0.890. The Morgan fingerprint density at radius 3 is 1.68 bits per heavy atom. The van der Waals surface area contributed by atoms with Gasteiger partial charge in [0.05, 0.1) is 11.0 Å². The number of anilines is 3. The third-order valence-corrected chi connectivity index (χ3v) is 11.9. The molecule has 276 valence electrons. The molecule has 0 radical (unpaired) electrons. The normalized spacial score (nSPS) is 11.7. The van der Waals surface area contributed by atoms with Crippen molar-refractivity contribution in [3.63, 3.8) is 0 Å². The summed E-state index contributed by atoms with van der Waals surface area (Å²) in [5, 5.41) is 9.80. The van der Waals surface area contributed by atoms with E-state index >= 15 is 0 Å². The topological polar surface area (TPSA) is 21.3 Å². The van der Waals surface area contributed by atoms with E-state index in [9.17, 15) is 0 Å². The van der Waals surface area contributed by atoms with Crippen molar-refractivity contribution in [1.29, 1.82) is 0 Å². The largest absolute Gasteiger partial charge is 0.456 e. The van der Waals surface area contributed by atoms with E-state index in [1.54, 1.807) is 0 Å². The van der Waals surface area contributed by atoms with Crippen LogP contribution in [0, 0.1) is 0 Å². The smallest absolute Gasteiger partial charge is 0.136 e. The molecule has 3 heteroatoms. The summed E-state index contributed by atoms with van der Waals surface area (Å²) in [5.41, 5.74) is 13.1. The molecule has 12 rings (SSSR count). The van der Waals surface area contributed by atoms with Gasteiger partial charge in [-0.15, -0.1) is 0 Å². The number of nitrogens with zero attached hydrogens (tertiary/aromatic N) is 2. The molecule has 2 heterocycles. The van der Waals surface area contributed by atoms with Gasteiger partial charge in [-0.25, -0.2) is 0 Å². The molecule has 59 heavy (non-hydrogen) atoms. The van der Waals surface area contributed by atoms with Crippen LogP contribution in [-0.4, -0.2) is 4.57 Å². The number of benzene rings is 10. The van der Waals surface area contributed by atoms with Crippen LogP contribution in [0.4, 0.5) is 17.1 Å². The Kier molecular flexibility index (Phi) is 7.54. The van der Waals surface area contributed by atoms with Crippen molar-refractivity contribution in [2.24, 2.45) is 0 Å². The molecule has 0 saturated carbocycles. The first kappa shape index (κ1) is 33.3. The highest BCUT2D eigenvalue weighted by molar-refractivity contribution is 6.14. The van der Waals surface area contributed by atoms with Gasteiger partial charge in [0.25, 0.3) is 0 Å². The second-order valence-corrected chi connectivity index (χ2v) is 15.3. The van der Waals surface area contributed by atoms with Crippen LogP contribution in [0.25, 0.3) is 93.2 Å². The Labute approximate surface area is 341 Å². The van der Waals surface area contributed by atoms with Crippen LogP contribution in [0.5, 0.6) is 0 Å². The number of hydrogen-bond acceptors (Lipinski definition) is 2. The maximum absolute atomic E-state index is 6.33. The molecule has 10 aromatic carbocycles. The van der Waals surface area contributed by atoms with E-state index in [0.717, 1.165) is 55.8 Å². The first-order chi connectivity index (χ1) is 29.2. The molecule has 0 amide bonds. The Morgan fingerprint density at radius 1 is 0.322 bits per heavy atom. The second kappa shape index (κ2) is 13.4. The summed E-state index contributed by atoms with van der Waals surface area (Å²) in [5.74, 6) is 0. The van der Waals surface area contributed by atoms with Gasteiger partial charge >= 0.3 is 0 Å². The Hall–Kier alpha value is -7.88.